The molecule has 0 saturated carbocycles. The molecular weight excluding hydrogens is 284 g/mol. The minimum atomic E-state index is -0.0653. The molecule has 0 aliphatic carbocycles. The molecule has 0 bridgehead atoms. The first-order valence-electron chi connectivity index (χ1n) is 5.56. The zero-order chi connectivity index (χ0) is 12.3. The Balaban J connectivity index is 2.11. The maximum Gasteiger partial charge on any atom is 0.252 e. The summed E-state index contributed by atoms with van der Waals surface area (Å²) in [6.45, 7) is 1.80. The topological polar surface area (TPSA) is 50.4 Å². The summed E-state index contributed by atoms with van der Waals surface area (Å²) in [5.41, 5.74) is 0.608. The Labute approximate surface area is 109 Å². The molecule has 1 amide bonds. The molecule has 4 nitrogen and oxygen atoms in total. The predicted octanol–water partition coefficient (Wildman–Crippen LogP) is 1.55. The van der Waals surface area contributed by atoms with Gasteiger partial charge in [0.25, 0.3) is 5.91 Å². The summed E-state index contributed by atoms with van der Waals surface area (Å²) in [6.07, 6.45) is 0.979. The summed E-state index contributed by atoms with van der Waals surface area (Å²) in [5, 5.41) is 6.22. The Hall–Kier alpha value is -1.07. The highest BCUT2D eigenvalue weighted by Gasteiger charge is 2.19. The number of ether oxygens (including phenoxy) is 1. The second kappa shape index (κ2) is 5.51. The zero-order valence-electron chi connectivity index (χ0n) is 9.63. The first-order valence-corrected chi connectivity index (χ1v) is 6.35. The van der Waals surface area contributed by atoms with Gasteiger partial charge in [-0.2, -0.15) is 0 Å². The number of amides is 1. The largest absolute Gasteiger partial charge is 0.497 e. The lowest BCUT2D eigenvalue weighted by molar-refractivity contribution is 0.0939. The second-order valence-corrected chi connectivity index (χ2v) is 4.86. The van der Waals surface area contributed by atoms with E-state index in [0.29, 0.717) is 11.3 Å². The molecule has 1 aliphatic heterocycles. The molecule has 1 fully saturated rings. The Kier molecular flexibility index (Phi) is 4.02. The standard InChI is InChI=1S/C12H15BrN2O2/c1-17-9-2-3-11(13)10(6-9)12(16)15-8-4-5-14-7-8/h2-3,6,8,14H,4-5,7H2,1H3,(H,15,16)/t8-/m0/s1. The highest BCUT2D eigenvalue weighted by Crippen LogP contribution is 2.22. The van der Waals surface area contributed by atoms with Gasteiger partial charge in [-0.3, -0.25) is 4.79 Å². The van der Waals surface area contributed by atoms with E-state index in [-0.39, 0.29) is 11.9 Å². The van der Waals surface area contributed by atoms with E-state index in [9.17, 15) is 4.79 Å². The summed E-state index contributed by atoms with van der Waals surface area (Å²) in [6, 6.07) is 5.60. The lowest BCUT2D eigenvalue weighted by Gasteiger charge is -2.13. The fraction of sp³-hybridized carbons (Fsp3) is 0.417. The highest BCUT2D eigenvalue weighted by atomic mass is 79.9. The van der Waals surface area contributed by atoms with Gasteiger partial charge in [0.1, 0.15) is 5.75 Å². The normalized spacial score (nSPS) is 19.1. The smallest absolute Gasteiger partial charge is 0.252 e. The van der Waals surface area contributed by atoms with Gasteiger partial charge in [0.15, 0.2) is 0 Å². The van der Waals surface area contributed by atoms with Gasteiger partial charge in [-0.15, -0.1) is 0 Å². The Morgan fingerprint density at radius 1 is 1.59 bits per heavy atom. The van der Waals surface area contributed by atoms with Crippen LogP contribution in [0.5, 0.6) is 5.75 Å². The van der Waals surface area contributed by atoms with Crippen LogP contribution in [0.2, 0.25) is 0 Å². The van der Waals surface area contributed by atoms with Crippen LogP contribution >= 0.6 is 15.9 Å². The minimum Gasteiger partial charge on any atom is -0.497 e. The SMILES string of the molecule is COc1ccc(Br)c(C(=O)N[C@H]2CCNC2)c1. The van der Waals surface area contributed by atoms with E-state index in [1.807, 2.05) is 12.1 Å². The maximum atomic E-state index is 12.1. The van der Waals surface area contributed by atoms with E-state index in [1.165, 1.54) is 0 Å². The molecule has 92 valence electrons. The lowest BCUT2D eigenvalue weighted by atomic mass is 10.1. The van der Waals surface area contributed by atoms with Gasteiger partial charge in [0.05, 0.1) is 12.7 Å². The lowest BCUT2D eigenvalue weighted by Crippen LogP contribution is -2.36. The molecule has 0 radical (unpaired) electrons. The van der Waals surface area contributed by atoms with Crippen LogP contribution in [0.15, 0.2) is 22.7 Å². The molecule has 5 heteroatoms. The van der Waals surface area contributed by atoms with Crippen molar-refractivity contribution in [2.45, 2.75) is 12.5 Å². The van der Waals surface area contributed by atoms with Gasteiger partial charge < -0.3 is 15.4 Å². The van der Waals surface area contributed by atoms with E-state index in [0.717, 1.165) is 24.0 Å². The minimum absolute atomic E-state index is 0.0653. The van der Waals surface area contributed by atoms with Gasteiger partial charge in [-0.05, 0) is 47.1 Å². The van der Waals surface area contributed by atoms with Crippen LogP contribution in [0.3, 0.4) is 0 Å². The number of rotatable bonds is 3. The first-order chi connectivity index (χ1) is 8.20. The van der Waals surface area contributed by atoms with Crippen LogP contribution in [-0.4, -0.2) is 32.1 Å². The van der Waals surface area contributed by atoms with Crippen LogP contribution in [0, 0.1) is 0 Å². The number of benzene rings is 1. The first kappa shape index (κ1) is 12.4. The van der Waals surface area contributed by atoms with Crippen LogP contribution in [-0.2, 0) is 0 Å². The van der Waals surface area contributed by atoms with Crippen LogP contribution in [0.4, 0.5) is 0 Å². The summed E-state index contributed by atoms with van der Waals surface area (Å²) >= 11 is 3.38. The van der Waals surface area contributed by atoms with Crippen molar-refractivity contribution >= 4 is 21.8 Å². The van der Waals surface area contributed by atoms with Crippen molar-refractivity contribution in [1.29, 1.82) is 0 Å². The fourth-order valence-corrected chi connectivity index (χ4v) is 2.27. The summed E-state index contributed by atoms with van der Waals surface area (Å²) in [5.74, 6) is 0.618. The molecular formula is C12H15BrN2O2. The van der Waals surface area contributed by atoms with Crippen molar-refractivity contribution in [2.75, 3.05) is 20.2 Å². The van der Waals surface area contributed by atoms with E-state index >= 15 is 0 Å². The van der Waals surface area contributed by atoms with Crippen molar-refractivity contribution in [3.05, 3.63) is 28.2 Å². The van der Waals surface area contributed by atoms with Gasteiger partial charge in [0.2, 0.25) is 0 Å². The van der Waals surface area contributed by atoms with Crippen molar-refractivity contribution in [2.24, 2.45) is 0 Å². The molecule has 17 heavy (non-hydrogen) atoms. The second-order valence-electron chi connectivity index (χ2n) is 4.01. The van der Waals surface area contributed by atoms with Crippen molar-refractivity contribution < 1.29 is 9.53 Å². The van der Waals surface area contributed by atoms with Crippen LogP contribution in [0.25, 0.3) is 0 Å². The number of carbonyl (C=O) groups excluding carboxylic acids is 1. The van der Waals surface area contributed by atoms with Gasteiger partial charge >= 0.3 is 0 Å². The summed E-state index contributed by atoms with van der Waals surface area (Å²) in [4.78, 5) is 12.1. The van der Waals surface area contributed by atoms with Crippen LogP contribution in [0.1, 0.15) is 16.8 Å². The molecule has 1 aliphatic rings. The van der Waals surface area contributed by atoms with E-state index in [4.69, 9.17) is 4.74 Å². The van der Waals surface area contributed by atoms with E-state index in [2.05, 4.69) is 26.6 Å². The van der Waals surface area contributed by atoms with E-state index in [1.54, 1.807) is 13.2 Å². The van der Waals surface area contributed by atoms with Gasteiger partial charge in [0, 0.05) is 17.1 Å². The molecule has 2 rings (SSSR count). The van der Waals surface area contributed by atoms with Gasteiger partial charge in [-0.1, -0.05) is 0 Å². The zero-order valence-corrected chi connectivity index (χ0v) is 11.2. The summed E-state index contributed by atoms with van der Waals surface area (Å²) in [7, 11) is 1.59. The third kappa shape index (κ3) is 2.98. The number of hydrogen-bond donors (Lipinski definition) is 2. The Morgan fingerprint density at radius 3 is 3.06 bits per heavy atom. The molecule has 2 N–H and O–H groups in total. The molecule has 1 atom stereocenters. The monoisotopic (exact) mass is 298 g/mol. The van der Waals surface area contributed by atoms with Gasteiger partial charge in [-0.25, -0.2) is 0 Å². The van der Waals surface area contributed by atoms with Crippen molar-refractivity contribution in [3.63, 3.8) is 0 Å². The Morgan fingerprint density at radius 2 is 2.41 bits per heavy atom. The van der Waals surface area contributed by atoms with Crippen LogP contribution < -0.4 is 15.4 Å². The number of hydrogen-bond acceptors (Lipinski definition) is 3. The molecule has 1 saturated heterocycles. The molecule has 0 spiro atoms. The number of halogens is 1. The third-order valence-corrected chi connectivity index (χ3v) is 3.51. The predicted molar refractivity (Wildman–Crippen MR) is 69.4 cm³/mol. The average molecular weight is 299 g/mol. The average Bonchev–Trinajstić information content (AvgIpc) is 2.82. The quantitative estimate of drug-likeness (QED) is 0.890. The molecule has 1 heterocycles. The van der Waals surface area contributed by atoms with Crippen molar-refractivity contribution in [1.82, 2.24) is 10.6 Å². The molecule has 1 aromatic carbocycles. The molecule has 1 aromatic rings. The number of nitrogens with one attached hydrogen (secondary N) is 2. The molecule has 0 aromatic heterocycles. The Bertz CT molecular complexity index is 417. The molecule has 0 unspecified atom stereocenters. The summed E-state index contributed by atoms with van der Waals surface area (Å²) < 4.78 is 5.90. The van der Waals surface area contributed by atoms with E-state index < -0.39 is 0 Å². The number of carbonyl (C=O) groups is 1. The fourth-order valence-electron chi connectivity index (χ4n) is 1.85. The highest BCUT2D eigenvalue weighted by molar-refractivity contribution is 9.10. The number of methoxy groups -OCH3 is 1. The maximum absolute atomic E-state index is 12.1. The van der Waals surface area contributed by atoms with Crippen molar-refractivity contribution in [3.8, 4) is 5.75 Å². The third-order valence-electron chi connectivity index (χ3n) is 2.81.